The van der Waals surface area contributed by atoms with Crippen molar-refractivity contribution in [1.82, 2.24) is 4.90 Å². The summed E-state index contributed by atoms with van der Waals surface area (Å²) in [5.74, 6) is -1.02. The van der Waals surface area contributed by atoms with E-state index in [0.29, 0.717) is 31.7 Å². The highest BCUT2D eigenvalue weighted by atomic mass is 79.9. The molecule has 2 N–H and O–H groups in total. The highest BCUT2D eigenvalue weighted by Crippen LogP contribution is 2.36. The zero-order chi connectivity index (χ0) is 30.3. The van der Waals surface area contributed by atoms with Crippen LogP contribution in [0, 0.1) is 6.92 Å². The standard InChI is InChI=1S/C33H26BrN3O5S/c1-21-7-14-26(15-8-21)35-30(38)20-42-28-16-11-23(17-27(28)34)18-29-31(39)37(19-22-9-12-24(13-10-22)32(40)41)33(43-29)36-25-5-3-2-4-6-25/h2-18H,19-20H2,1H3,(H,35,38)(H,40,41). The number of thioether (sulfide) groups is 1. The Morgan fingerprint density at radius 2 is 1.72 bits per heavy atom. The first-order chi connectivity index (χ1) is 20.7. The quantitative estimate of drug-likeness (QED) is 0.184. The number of nitrogens with zero attached hydrogens (tertiary/aromatic N) is 2. The van der Waals surface area contributed by atoms with Gasteiger partial charge in [-0.15, -0.1) is 0 Å². The van der Waals surface area contributed by atoms with Crippen LogP contribution in [0.2, 0.25) is 0 Å². The molecule has 0 spiro atoms. The van der Waals surface area contributed by atoms with Gasteiger partial charge in [0.05, 0.1) is 27.2 Å². The van der Waals surface area contributed by atoms with Crippen molar-refractivity contribution in [3.05, 3.63) is 129 Å². The van der Waals surface area contributed by atoms with Crippen molar-refractivity contribution in [3.8, 4) is 5.75 Å². The minimum absolute atomic E-state index is 0.164. The van der Waals surface area contributed by atoms with Crippen LogP contribution in [0.15, 0.2) is 111 Å². The van der Waals surface area contributed by atoms with Crippen LogP contribution in [0.4, 0.5) is 11.4 Å². The number of amides is 2. The number of anilines is 1. The molecule has 0 atom stereocenters. The zero-order valence-corrected chi connectivity index (χ0v) is 25.4. The van der Waals surface area contributed by atoms with Gasteiger partial charge in [-0.05, 0) is 100 Å². The van der Waals surface area contributed by atoms with Crippen molar-refractivity contribution in [3.63, 3.8) is 0 Å². The molecule has 5 rings (SSSR count). The van der Waals surface area contributed by atoms with Crippen LogP contribution in [0.3, 0.4) is 0 Å². The number of ether oxygens (including phenoxy) is 1. The van der Waals surface area contributed by atoms with Crippen LogP contribution in [-0.2, 0) is 16.1 Å². The smallest absolute Gasteiger partial charge is 0.335 e. The third-order valence-corrected chi connectivity index (χ3v) is 7.98. The van der Waals surface area contributed by atoms with Crippen molar-refractivity contribution in [2.45, 2.75) is 13.5 Å². The number of aryl methyl sites for hydroxylation is 1. The van der Waals surface area contributed by atoms with Gasteiger partial charge < -0.3 is 15.2 Å². The Bertz CT molecular complexity index is 1720. The minimum atomic E-state index is -1.01. The second-order valence-corrected chi connectivity index (χ2v) is 11.5. The van der Waals surface area contributed by atoms with Crippen molar-refractivity contribution in [2.75, 3.05) is 11.9 Å². The first-order valence-electron chi connectivity index (χ1n) is 13.2. The molecule has 2 amide bonds. The summed E-state index contributed by atoms with van der Waals surface area (Å²) >= 11 is 4.77. The molecule has 1 aliphatic heterocycles. The Labute approximate surface area is 261 Å². The van der Waals surface area contributed by atoms with E-state index < -0.39 is 5.97 Å². The maximum Gasteiger partial charge on any atom is 0.335 e. The number of hydrogen-bond acceptors (Lipinski definition) is 6. The number of aliphatic imine (C=N–C) groups is 1. The molecule has 216 valence electrons. The van der Waals surface area contributed by atoms with Crippen LogP contribution < -0.4 is 10.1 Å². The van der Waals surface area contributed by atoms with E-state index in [0.717, 1.165) is 16.7 Å². The van der Waals surface area contributed by atoms with Gasteiger partial charge in [-0.25, -0.2) is 9.79 Å². The first-order valence-corrected chi connectivity index (χ1v) is 14.8. The topological polar surface area (TPSA) is 108 Å². The van der Waals surface area contributed by atoms with Gasteiger partial charge in [0.15, 0.2) is 11.8 Å². The van der Waals surface area contributed by atoms with Crippen LogP contribution >= 0.6 is 27.7 Å². The summed E-state index contributed by atoms with van der Waals surface area (Å²) in [6.45, 7) is 2.05. The second kappa shape index (κ2) is 13.5. The molecule has 0 radical (unpaired) electrons. The predicted octanol–water partition coefficient (Wildman–Crippen LogP) is 7.28. The summed E-state index contributed by atoms with van der Waals surface area (Å²) in [7, 11) is 0. The lowest BCUT2D eigenvalue weighted by molar-refractivity contribution is -0.122. The highest BCUT2D eigenvalue weighted by Gasteiger charge is 2.33. The third-order valence-electron chi connectivity index (χ3n) is 6.36. The van der Waals surface area contributed by atoms with Gasteiger partial charge in [-0.1, -0.05) is 54.1 Å². The van der Waals surface area contributed by atoms with E-state index in [1.54, 1.807) is 35.2 Å². The third kappa shape index (κ3) is 7.79. The summed E-state index contributed by atoms with van der Waals surface area (Å²) in [4.78, 5) is 43.9. The number of carbonyl (C=O) groups is 3. The van der Waals surface area contributed by atoms with E-state index in [1.807, 2.05) is 67.6 Å². The van der Waals surface area contributed by atoms with Crippen molar-refractivity contribution in [1.29, 1.82) is 0 Å². The number of para-hydroxylation sites is 1. The summed E-state index contributed by atoms with van der Waals surface area (Å²) in [5.41, 5.74) is 4.21. The lowest BCUT2D eigenvalue weighted by Gasteiger charge is -2.16. The van der Waals surface area contributed by atoms with Gasteiger partial charge in [0.2, 0.25) is 0 Å². The molecule has 0 bridgehead atoms. The normalized spacial score (nSPS) is 14.7. The fourth-order valence-electron chi connectivity index (χ4n) is 4.13. The van der Waals surface area contributed by atoms with Gasteiger partial charge in [0, 0.05) is 5.69 Å². The number of amidine groups is 1. The first kappa shape index (κ1) is 29.8. The maximum atomic E-state index is 13.6. The molecule has 0 aliphatic carbocycles. The Hall–Kier alpha value is -4.67. The van der Waals surface area contributed by atoms with Crippen molar-refractivity contribution < 1.29 is 24.2 Å². The predicted molar refractivity (Wildman–Crippen MR) is 173 cm³/mol. The molecule has 0 unspecified atom stereocenters. The van der Waals surface area contributed by atoms with Crippen LogP contribution in [-0.4, -0.2) is 39.6 Å². The van der Waals surface area contributed by atoms with Crippen LogP contribution in [0.5, 0.6) is 5.75 Å². The molecule has 43 heavy (non-hydrogen) atoms. The lowest BCUT2D eigenvalue weighted by atomic mass is 10.1. The summed E-state index contributed by atoms with van der Waals surface area (Å²) in [6.07, 6.45) is 1.78. The number of rotatable bonds is 9. The molecule has 1 saturated heterocycles. The highest BCUT2D eigenvalue weighted by molar-refractivity contribution is 9.10. The van der Waals surface area contributed by atoms with E-state index in [2.05, 4.69) is 21.2 Å². The summed E-state index contributed by atoms with van der Waals surface area (Å²) < 4.78 is 6.35. The van der Waals surface area contributed by atoms with Gasteiger partial charge in [-0.2, -0.15) is 0 Å². The molecule has 4 aromatic carbocycles. The average Bonchev–Trinajstić information content (AvgIpc) is 3.27. The molecular formula is C33H26BrN3O5S. The minimum Gasteiger partial charge on any atom is -0.483 e. The molecule has 1 aliphatic rings. The summed E-state index contributed by atoms with van der Waals surface area (Å²) in [6, 6.07) is 28.6. The Balaban J connectivity index is 1.31. The molecule has 10 heteroatoms. The van der Waals surface area contributed by atoms with E-state index in [1.165, 1.54) is 23.9 Å². The molecule has 1 heterocycles. The molecule has 4 aromatic rings. The van der Waals surface area contributed by atoms with Gasteiger partial charge in [0.1, 0.15) is 5.75 Å². The fraction of sp³-hybridized carbons (Fsp3) is 0.0909. The van der Waals surface area contributed by atoms with E-state index in [4.69, 9.17) is 9.73 Å². The number of carboxylic acids is 1. The monoisotopic (exact) mass is 655 g/mol. The number of hydrogen-bond donors (Lipinski definition) is 2. The lowest BCUT2D eigenvalue weighted by Crippen LogP contribution is -2.28. The Morgan fingerprint density at radius 3 is 2.40 bits per heavy atom. The molecule has 1 fully saturated rings. The average molecular weight is 657 g/mol. The van der Waals surface area contributed by atoms with Gasteiger partial charge in [0.25, 0.3) is 11.8 Å². The zero-order valence-electron chi connectivity index (χ0n) is 23.0. The SMILES string of the molecule is Cc1ccc(NC(=O)COc2ccc(C=C3SC(=Nc4ccccc4)N(Cc4ccc(C(=O)O)cc4)C3=O)cc2Br)cc1. The van der Waals surface area contributed by atoms with E-state index in [9.17, 15) is 19.5 Å². The fourth-order valence-corrected chi connectivity index (χ4v) is 5.64. The van der Waals surface area contributed by atoms with E-state index in [-0.39, 0.29) is 30.5 Å². The number of carbonyl (C=O) groups excluding carboxylic acids is 2. The number of halogens is 1. The Kier molecular flexibility index (Phi) is 9.38. The van der Waals surface area contributed by atoms with Gasteiger partial charge in [-0.3, -0.25) is 14.5 Å². The molecule has 0 aromatic heterocycles. The number of benzene rings is 4. The molecular weight excluding hydrogens is 630 g/mol. The summed E-state index contributed by atoms with van der Waals surface area (Å²) in [5, 5.41) is 12.5. The maximum absolute atomic E-state index is 13.6. The van der Waals surface area contributed by atoms with Crippen molar-refractivity contribution in [2.24, 2.45) is 4.99 Å². The Morgan fingerprint density at radius 1 is 1.00 bits per heavy atom. The van der Waals surface area contributed by atoms with Crippen LogP contribution in [0.1, 0.15) is 27.0 Å². The molecule has 0 saturated carbocycles. The number of nitrogens with one attached hydrogen (secondary N) is 1. The second-order valence-electron chi connectivity index (χ2n) is 9.63. The van der Waals surface area contributed by atoms with Crippen LogP contribution in [0.25, 0.3) is 6.08 Å². The van der Waals surface area contributed by atoms with Crippen molar-refractivity contribution >= 4 is 68.1 Å². The van der Waals surface area contributed by atoms with E-state index >= 15 is 0 Å². The van der Waals surface area contributed by atoms with Gasteiger partial charge >= 0.3 is 5.97 Å². The largest absolute Gasteiger partial charge is 0.483 e. The molecule has 8 nitrogen and oxygen atoms in total. The number of aromatic carboxylic acids is 1. The number of carboxylic acid groups (broad SMARTS) is 1.